The van der Waals surface area contributed by atoms with E-state index in [2.05, 4.69) is 10.1 Å². The molecule has 1 aromatic carbocycles. The number of aromatic hydroxyl groups is 1. The van der Waals surface area contributed by atoms with Crippen LogP contribution in [-0.4, -0.2) is 43.4 Å². The van der Waals surface area contributed by atoms with Gasteiger partial charge in [0.05, 0.1) is 0 Å². The second-order valence-corrected chi connectivity index (χ2v) is 3.98. The van der Waals surface area contributed by atoms with Gasteiger partial charge in [0.1, 0.15) is 31.5 Å². The highest BCUT2D eigenvalue weighted by molar-refractivity contribution is 5.97. The second-order valence-electron chi connectivity index (χ2n) is 3.98. The summed E-state index contributed by atoms with van der Waals surface area (Å²) in [6.07, 6.45) is 2.66. The van der Waals surface area contributed by atoms with Crippen molar-refractivity contribution in [3.8, 4) is 5.75 Å². The Hall–Kier alpha value is -2.90. The predicted octanol–water partition coefficient (Wildman–Crippen LogP) is 0.101. The summed E-state index contributed by atoms with van der Waals surface area (Å²) in [6, 6.07) is 5.70. The molecule has 0 aliphatic carbocycles. The number of anilines is 1. The smallest absolute Gasteiger partial charge is 0.323 e. The van der Waals surface area contributed by atoms with E-state index < -0.39 is 18.4 Å². The maximum atomic E-state index is 12.1. The Labute approximate surface area is 113 Å². The van der Waals surface area contributed by atoms with Crippen LogP contribution in [0.3, 0.4) is 0 Å². The third-order valence-corrected chi connectivity index (χ3v) is 2.52. The first-order valence-electron chi connectivity index (χ1n) is 5.70. The Kier molecular flexibility index (Phi) is 3.94. The molecular formula is C12H12N4O4. The van der Waals surface area contributed by atoms with Gasteiger partial charge in [0.25, 0.3) is 0 Å². The van der Waals surface area contributed by atoms with Gasteiger partial charge in [-0.2, -0.15) is 5.10 Å². The molecule has 0 aliphatic heterocycles. The van der Waals surface area contributed by atoms with Gasteiger partial charge in [-0.25, -0.2) is 9.67 Å². The molecule has 2 N–H and O–H groups in total. The lowest BCUT2D eigenvalue weighted by Gasteiger charge is -2.20. The number of hydrogen-bond donors (Lipinski definition) is 2. The third-order valence-electron chi connectivity index (χ3n) is 2.52. The highest BCUT2D eigenvalue weighted by atomic mass is 16.4. The van der Waals surface area contributed by atoms with Gasteiger partial charge in [-0.3, -0.25) is 14.5 Å². The molecule has 2 rings (SSSR count). The van der Waals surface area contributed by atoms with Crippen LogP contribution >= 0.6 is 0 Å². The number of carboxylic acid groups (broad SMARTS) is 1. The molecule has 20 heavy (non-hydrogen) atoms. The molecule has 0 radical (unpaired) electrons. The Balaban J connectivity index is 2.20. The monoisotopic (exact) mass is 276 g/mol. The van der Waals surface area contributed by atoms with Crippen LogP contribution in [0.2, 0.25) is 0 Å². The number of carbonyl (C=O) groups excluding carboxylic acids is 1. The number of carbonyl (C=O) groups is 2. The zero-order valence-electron chi connectivity index (χ0n) is 10.4. The molecule has 1 amide bonds. The molecule has 0 saturated carbocycles. The van der Waals surface area contributed by atoms with Crippen molar-refractivity contribution in [1.29, 1.82) is 0 Å². The van der Waals surface area contributed by atoms with Crippen LogP contribution in [0, 0.1) is 0 Å². The van der Waals surface area contributed by atoms with E-state index in [0.29, 0.717) is 5.69 Å². The van der Waals surface area contributed by atoms with Crippen molar-refractivity contribution in [1.82, 2.24) is 14.8 Å². The first-order valence-corrected chi connectivity index (χ1v) is 5.70. The summed E-state index contributed by atoms with van der Waals surface area (Å²) in [7, 11) is 0. The molecule has 8 heteroatoms. The van der Waals surface area contributed by atoms with Gasteiger partial charge in [-0.1, -0.05) is 0 Å². The standard InChI is InChI=1S/C12H12N4O4/c17-10-3-1-9(2-4-10)16(6-12(19)20)11(18)5-15-8-13-7-14-15/h1-4,7-8,17H,5-6H2,(H,19,20). The van der Waals surface area contributed by atoms with Crippen molar-refractivity contribution in [2.45, 2.75) is 6.54 Å². The lowest BCUT2D eigenvalue weighted by Crippen LogP contribution is -2.38. The molecule has 0 saturated heterocycles. The van der Waals surface area contributed by atoms with Crippen molar-refractivity contribution < 1.29 is 19.8 Å². The SMILES string of the molecule is O=C(O)CN(C(=O)Cn1cncn1)c1ccc(O)cc1. The van der Waals surface area contributed by atoms with E-state index in [-0.39, 0.29) is 12.3 Å². The number of hydrogen-bond acceptors (Lipinski definition) is 5. The molecule has 0 fully saturated rings. The fourth-order valence-electron chi connectivity index (χ4n) is 1.63. The molecule has 1 aromatic heterocycles. The first-order chi connectivity index (χ1) is 9.56. The summed E-state index contributed by atoms with van der Waals surface area (Å²) in [5, 5.41) is 21.9. The normalized spacial score (nSPS) is 10.2. The quantitative estimate of drug-likeness (QED) is 0.801. The van der Waals surface area contributed by atoms with Gasteiger partial charge >= 0.3 is 5.97 Å². The average Bonchev–Trinajstić information content (AvgIpc) is 2.89. The van der Waals surface area contributed by atoms with Crippen LogP contribution in [-0.2, 0) is 16.1 Å². The zero-order chi connectivity index (χ0) is 14.5. The lowest BCUT2D eigenvalue weighted by molar-refractivity contribution is -0.136. The van der Waals surface area contributed by atoms with E-state index in [1.807, 2.05) is 0 Å². The van der Waals surface area contributed by atoms with E-state index in [0.717, 1.165) is 4.90 Å². The van der Waals surface area contributed by atoms with E-state index in [9.17, 15) is 14.7 Å². The van der Waals surface area contributed by atoms with Crippen LogP contribution < -0.4 is 4.90 Å². The maximum absolute atomic E-state index is 12.1. The number of aliphatic carboxylic acids is 1. The van der Waals surface area contributed by atoms with Crippen LogP contribution in [0.4, 0.5) is 5.69 Å². The van der Waals surface area contributed by atoms with Gasteiger partial charge in [0.2, 0.25) is 5.91 Å². The van der Waals surface area contributed by atoms with E-state index in [1.165, 1.54) is 41.6 Å². The summed E-state index contributed by atoms with van der Waals surface area (Å²) in [5.74, 6) is -1.54. The van der Waals surface area contributed by atoms with Crippen LogP contribution in [0.15, 0.2) is 36.9 Å². The Morgan fingerprint density at radius 1 is 1.25 bits per heavy atom. The molecule has 0 atom stereocenters. The van der Waals surface area contributed by atoms with Gasteiger partial charge < -0.3 is 10.2 Å². The number of amides is 1. The van der Waals surface area contributed by atoms with Crippen LogP contribution in [0.5, 0.6) is 5.75 Å². The van der Waals surface area contributed by atoms with Crippen molar-refractivity contribution in [3.63, 3.8) is 0 Å². The van der Waals surface area contributed by atoms with Gasteiger partial charge in [-0.15, -0.1) is 0 Å². The maximum Gasteiger partial charge on any atom is 0.323 e. The Morgan fingerprint density at radius 2 is 1.95 bits per heavy atom. The van der Waals surface area contributed by atoms with Crippen molar-refractivity contribution in [2.24, 2.45) is 0 Å². The number of aromatic nitrogens is 3. The van der Waals surface area contributed by atoms with Crippen molar-refractivity contribution in [2.75, 3.05) is 11.4 Å². The summed E-state index contributed by atoms with van der Waals surface area (Å²) in [4.78, 5) is 27.8. The van der Waals surface area contributed by atoms with E-state index in [4.69, 9.17) is 5.11 Å². The van der Waals surface area contributed by atoms with Gasteiger partial charge in [0.15, 0.2) is 0 Å². The predicted molar refractivity (Wildman–Crippen MR) is 68.1 cm³/mol. The highest BCUT2D eigenvalue weighted by Gasteiger charge is 2.19. The van der Waals surface area contributed by atoms with Crippen molar-refractivity contribution >= 4 is 17.6 Å². The first kappa shape index (κ1) is 13.5. The number of phenols is 1. The summed E-state index contributed by atoms with van der Waals surface area (Å²) >= 11 is 0. The molecule has 104 valence electrons. The number of benzene rings is 1. The van der Waals surface area contributed by atoms with E-state index >= 15 is 0 Å². The minimum absolute atomic E-state index is 0.0350. The Bertz CT molecular complexity index is 594. The molecule has 0 spiro atoms. The second kappa shape index (κ2) is 5.83. The zero-order valence-corrected chi connectivity index (χ0v) is 10.4. The molecule has 0 aliphatic rings. The fraction of sp³-hybridized carbons (Fsp3) is 0.167. The number of rotatable bonds is 5. The number of carboxylic acids is 1. The summed E-state index contributed by atoms with van der Waals surface area (Å²) < 4.78 is 1.30. The molecule has 0 bridgehead atoms. The van der Waals surface area contributed by atoms with Crippen LogP contribution in [0.1, 0.15) is 0 Å². The molecule has 2 aromatic rings. The van der Waals surface area contributed by atoms with E-state index in [1.54, 1.807) is 0 Å². The number of phenolic OH excluding ortho intramolecular Hbond substituents is 1. The molecule has 0 unspecified atom stereocenters. The molecular weight excluding hydrogens is 264 g/mol. The topological polar surface area (TPSA) is 109 Å². The summed E-state index contributed by atoms with van der Waals surface area (Å²) in [6.45, 7) is -0.591. The van der Waals surface area contributed by atoms with Crippen molar-refractivity contribution in [3.05, 3.63) is 36.9 Å². The number of nitrogens with zero attached hydrogens (tertiary/aromatic N) is 4. The van der Waals surface area contributed by atoms with Gasteiger partial charge in [0, 0.05) is 5.69 Å². The van der Waals surface area contributed by atoms with Gasteiger partial charge in [-0.05, 0) is 24.3 Å². The molecule has 1 heterocycles. The molecule has 8 nitrogen and oxygen atoms in total. The largest absolute Gasteiger partial charge is 0.508 e. The fourth-order valence-corrected chi connectivity index (χ4v) is 1.63. The summed E-state index contributed by atoms with van der Waals surface area (Å²) in [5.41, 5.74) is 0.385. The average molecular weight is 276 g/mol. The third kappa shape index (κ3) is 3.31. The Morgan fingerprint density at radius 3 is 2.50 bits per heavy atom. The highest BCUT2D eigenvalue weighted by Crippen LogP contribution is 2.18. The van der Waals surface area contributed by atoms with Crippen LogP contribution in [0.25, 0.3) is 0 Å². The lowest BCUT2D eigenvalue weighted by atomic mass is 10.2. The minimum atomic E-state index is -1.13. The minimum Gasteiger partial charge on any atom is -0.508 e.